The summed E-state index contributed by atoms with van der Waals surface area (Å²) in [7, 11) is 0. The molecule has 0 radical (unpaired) electrons. The predicted octanol–water partition coefficient (Wildman–Crippen LogP) is 16.4. The Morgan fingerprint density at radius 3 is 1.76 bits per heavy atom. The summed E-state index contributed by atoms with van der Waals surface area (Å²) >= 11 is 0. The van der Waals surface area contributed by atoms with E-state index in [1.165, 1.54) is 77.8 Å². The molecule has 10 rings (SSSR count). The first kappa shape index (κ1) is 43.7. The fraction of sp³-hybridized carbons (Fsp3) is 0.246. The van der Waals surface area contributed by atoms with Crippen LogP contribution in [0.1, 0.15) is 86.1 Å². The number of nitrogens with zero attached hydrogens (tertiary/aromatic N) is 5. The van der Waals surface area contributed by atoms with Gasteiger partial charge >= 0.3 is 0 Å². The van der Waals surface area contributed by atoms with Gasteiger partial charge < -0.3 is 14.5 Å². The zero-order valence-corrected chi connectivity index (χ0v) is 41.1. The average molecular weight is 880 g/mol. The van der Waals surface area contributed by atoms with Crippen molar-refractivity contribution in [2.75, 3.05) is 16.5 Å². The van der Waals surface area contributed by atoms with Gasteiger partial charge in [0.05, 0.1) is 34.3 Å². The van der Waals surface area contributed by atoms with Crippen molar-refractivity contribution in [1.29, 1.82) is 0 Å². The van der Waals surface area contributed by atoms with Crippen molar-refractivity contribution < 1.29 is 4.74 Å². The largest absolute Gasteiger partial charge is 0.457 e. The van der Waals surface area contributed by atoms with E-state index in [2.05, 4.69) is 213 Å². The molecule has 67 heavy (non-hydrogen) atoms. The van der Waals surface area contributed by atoms with E-state index in [0.717, 1.165) is 50.8 Å². The molecule has 0 fully saturated rings. The summed E-state index contributed by atoms with van der Waals surface area (Å²) < 4.78 is 9.10. The number of pyridine rings is 2. The average Bonchev–Trinajstić information content (AvgIpc) is 3.81. The third-order valence-corrected chi connectivity index (χ3v) is 13.6. The lowest BCUT2D eigenvalue weighted by Crippen LogP contribution is -2.25. The number of ether oxygens (including phenoxy) is 1. The Morgan fingerprint density at radius 2 is 1.12 bits per heavy atom. The number of para-hydroxylation sites is 1. The fourth-order valence-corrected chi connectivity index (χ4v) is 10.6. The van der Waals surface area contributed by atoms with Gasteiger partial charge in [-0.3, -0.25) is 9.55 Å². The van der Waals surface area contributed by atoms with Crippen LogP contribution in [0.3, 0.4) is 0 Å². The van der Waals surface area contributed by atoms with Crippen LogP contribution in [0.5, 0.6) is 11.5 Å². The molecule has 9 aromatic rings. The molecule has 1 aliphatic heterocycles. The summed E-state index contributed by atoms with van der Waals surface area (Å²) in [6.07, 6.45) is 5.85. The Bertz CT molecular complexity index is 3290. The molecule has 0 bridgehead atoms. The molecule has 6 aromatic carbocycles. The number of fused-ring (bicyclic) bond motifs is 4. The van der Waals surface area contributed by atoms with Crippen molar-refractivity contribution in [2.24, 2.45) is 0 Å². The molecule has 3 aromatic heterocycles. The van der Waals surface area contributed by atoms with E-state index in [1.807, 2.05) is 24.7 Å². The monoisotopic (exact) mass is 879 g/mol. The lowest BCUT2D eigenvalue weighted by Gasteiger charge is -2.32. The SMILES string of the molecule is Cc1cc(C)c(-c2cc(C(C)(C)C)cc(-c3c(C)cc(C)cc3C)c2N2CN(c3cccc(Oc4ccc5c6ccccc6n(-c6cc(C(C)(C)C)ccn6)c5c4)c3)c3cnccc32)c(C)c1. The number of benzene rings is 6. The van der Waals surface area contributed by atoms with E-state index in [-0.39, 0.29) is 10.8 Å². The zero-order chi connectivity index (χ0) is 47.1. The standard InChI is InChI=1S/C61H61N5O/c1-37-26-39(3)57(40(4)27-37)50-30-44(61(10,11)12)31-51(58-41(5)28-38(2)29-42(58)6)59(50)65-36-64(55-35-62-24-23-53(55)65)45-16-15-17-46(33-45)67-47-20-21-49-48-18-13-14-19-52(48)66(54(49)34-47)56-32-43(22-25-63-56)60(7,8)9/h13-35H,36H2,1-12H3. The van der Waals surface area contributed by atoms with E-state index in [1.54, 1.807) is 0 Å². The lowest BCUT2D eigenvalue weighted by molar-refractivity contribution is 0.483. The number of aromatic nitrogens is 3. The predicted molar refractivity (Wildman–Crippen MR) is 282 cm³/mol. The molecule has 0 spiro atoms. The molecule has 0 aliphatic carbocycles. The van der Waals surface area contributed by atoms with Crippen LogP contribution in [0.2, 0.25) is 0 Å². The minimum Gasteiger partial charge on any atom is -0.457 e. The fourth-order valence-electron chi connectivity index (χ4n) is 10.6. The van der Waals surface area contributed by atoms with Crippen LogP contribution in [0.15, 0.2) is 140 Å². The molecule has 0 amide bonds. The van der Waals surface area contributed by atoms with Crippen LogP contribution in [-0.4, -0.2) is 21.2 Å². The minimum atomic E-state index is -0.0876. The molecule has 0 saturated carbocycles. The van der Waals surface area contributed by atoms with Crippen LogP contribution < -0.4 is 14.5 Å². The van der Waals surface area contributed by atoms with Crippen molar-refractivity contribution in [1.82, 2.24) is 14.5 Å². The van der Waals surface area contributed by atoms with Crippen LogP contribution >= 0.6 is 0 Å². The van der Waals surface area contributed by atoms with Crippen molar-refractivity contribution in [2.45, 2.75) is 93.9 Å². The van der Waals surface area contributed by atoms with Gasteiger partial charge in [-0.1, -0.05) is 101 Å². The first-order chi connectivity index (χ1) is 31.9. The van der Waals surface area contributed by atoms with Crippen LogP contribution in [0.4, 0.5) is 22.7 Å². The van der Waals surface area contributed by atoms with Gasteiger partial charge in [0.15, 0.2) is 0 Å². The van der Waals surface area contributed by atoms with E-state index in [0.29, 0.717) is 6.67 Å². The van der Waals surface area contributed by atoms with Crippen LogP contribution in [-0.2, 0) is 10.8 Å². The maximum Gasteiger partial charge on any atom is 0.137 e. The van der Waals surface area contributed by atoms with Gasteiger partial charge in [-0.15, -0.1) is 0 Å². The van der Waals surface area contributed by atoms with Crippen molar-refractivity contribution in [3.8, 4) is 39.6 Å². The number of hydrogen-bond acceptors (Lipinski definition) is 5. The summed E-state index contributed by atoms with van der Waals surface area (Å²) in [5.41, 5.74) is 21.7. The van der Waals surface area contributed by atoms with Gasteiger partial charge in [-0.05, 0) is 158 Å². The van der Waals surface area contributed by atoms with E-state index >= 15 is 0 Å². The quantitative estimate of drug-likeness (QED) is 0.160. The molecule has 0 atom stereocenters. The highest BCUT2D eigenvalue weighted by Gasteiger charge is 2.34. The molecule has 0 N–H and O–H groups in total. The molecular weight excluding hydrogens is 819 g/mol. The third kappa shape index (κ3) is 7.82. The molecule has 0 unspecified atom stereocenters. The Balaban J connectivity index is 1.10. The highest BCUT2D eigenvalue weighted by Crippen LogP contribution is 2.53. The number of aryl methyl sites for hydroxylation is 6. The Hall–Kier alpha value is -7.18. The Morgan fingerprint density at radius 1 is 0.507 bits per heavy atom. The first-order valence-electron chi connectivity index (χ1n) is 23.6. The molecule has 6 nitrogen and oxygen atoms in total. The summed E-state index contributed by atoms with van der Waals surface area (Å²) in [4.78, 5) is 14.5. The second kappa shape index (κ2) is 16.3. The summed E-state index contributed by atoms with van der Waals surface area (Å²) in [6, 6.07) is 44.2. The van der Waals surface area contributed by atoms with Gasteiger partial charge in [-0.25, -0.2) is 4.98 Å². The molecule has 0 saturated heterocycles. The summed E-state index contributed by atoms with van der Waals surface area (Å²) in [5, 5.41) is 2.34. The molecule has 6 heteroatoms. The molecular formula is C61H61N5O. The van der Waals surface area contributed by atoms with Crippen molar-refractivity contribution in [3.05, 3.63) is 184 Å². The van der Waals surface area contributed by atoms with Gasteiger partial charge in [0.2, 0.25) is 0 Å². The van der Waals surface area contributed by atoms with Crippen molar-refractivity contribution in [3.63, 3.8) is 0 Å². The number of hydrogen-bond donors (Lipinski definition) is 0. The first-order valence-corrected chi connectivity index (χ1v) is 23.6. The highest BCUT2D eigenvalue weighted by molar-refractivity contribution is 6.09. The zero-order valence-electron chi connectivity index (χ0n) is 41.1. The molecule has 336 valence electrons. The third-order valence-electron chi connectivity index (χ3n) is 13.6. The molecule has 4 heterocycles. The van der Waals surface area contributed by atoms with E-state index in [9.17, 15) is 0 Å². The Kier molecular flexibility index (Phi) is 10.6. The summed E-state index contributed by atoms with van der Waals surface area (Å²) in [5.74, 6) is 2.40. The number of rotatable bonds is 7. The highest BCUT2D eigenvalue weighted by atomic mass is 16.5. The van der Waals surface area contributed by atoms with Crippen molar-refractivity contribution >= 4 is 44.6 Å². The molecule has 1 aliphatic rings. The smallest absolute Gasteiger partial charge is 0.137 e. The van der Waals surface area contributed by atoms with Crippen LogP contribution in [0, 0.1) is 41.5 Å². The second-order valence-electron chi connectivity index (χ2n) is 20.9. The lowest BCUT2D eigenvalue weighted by atomic mass is 9.79. The van der Waals surface area contributed by atoms with Crippen LogP contribution in [0.25, 0.3) is 49.9 Å². The summed E-state index contributed by atoms with van der Waals surface area (Å²) in [6.45, 7) is 27.8. The second-order valence-corrected chi connectivity index (χ2v) is 20.9. The Labute approximate surface area is 396 Å². The van der Waals surface area contributed by atoms with Gasteiger partial charge in [-0.2, -0.15) is 0 Å². The van der Waals surface area contributed by atoms with Gasteiger partial charge in [0.25, 0.3) is 0 Å². The normalized spacial score (nSPS) is 13.0. The maximum atomic E-state index is 6.83. The minimum absolute atomic E-state index is 0.0154. The van der Waals surface area contributed by atoms with Gasteiger partial charge in [0.1, 0.15) is 24.0 Å². The van der Waals surface area contributed by atoms with E-state index in [4.69, 9.17) is 14.7 Å². The van der Waals surface area contributed by atoms with Gasteiger partial charge in [0, 0.05) is 52.1 Å². The number of anilines is 4. The van der Waals surface area contributed by atoms with E-state index < -0.39 is 0 Å². The maximum absolute atomic E-state index is 6.83. The topological polar surface area (TPSA) is 46.4 Å².